The minimum atomic E-state index is -4.43. The number of halogens is 3. The number of nitrogen functional groups attached to an aromatic ring is 1. The number of anilines is 2. The molecule has 2 aromatic heterocycles. The molecule has 1 atom stereocenters. The molecule has 8 heteroatoms. The maximum Gasteiger partial charge on any atom is 0.416 e. The summed E-state index contributed by atoms with van der Waals surface area (Å²) in [5.74, 6) is 0.583. The summed E-state index contributed by atoms with van der Waals surface area (Å²) in [6, 6.07) is 5.03. The van der Waals surface area contributed by atoms with Crippen LogP contribution >= 0.6 is 11.3 Å². The summed E-state index contributed by atoms with van der Waals surface area (Å²) >= 11 is 1.47. The Balaban J connectivity index is 1.93. The third-order valence-electron chi connectivity index (χ3n) is 3.42. The Morgan fingerprint density at radius 2 is 2.00 bits per heavy atom. The van der Waals surface area contributed by atoms with Crippen molar-refractivity contribution in [1.29, 1.82) is 0 Å². The van der Waals surface area contributed by atoms with Gasteiger partial charge in [0.2, 0.25) is 0 Å². The first-order valence-electron chi connectivity index (χ1n) is 6.77. The first kappa shape index (κ1) is 15.5. The molecular weight excluding hydrogens is 325 g/mol. The van der Waals surface area contributed by atoms with Gasteiger partial charge in [0, 0.05) is 5.69 Å². The Labute approximate surface area is 134 Å². The highest BCUT2D eigenvalue weighted by molar-refractivity contribution is 7.16. The molecule has 3 rings (SSSR count). The third kappa shape index (κ3) is 3.21. The van der Waals surface area contributed by atoms with E-state index in [0.29, 0.717) is 11.4 Å². The van der Waals surface area contributed by atoms with E-state index in [4.69, 9.17) is 5.73 Å². The molecule has 23 heavy (non-hydrogen) atoms. The van der Waals surface area contributed by atoms with Crippen molar-refractivity contribution >= 4 is 33.1 Å². The van der Waals surface area contributed by atoms with Gasteiger partial charge in [0.05, 0.1) is 17.0 Å². The maximum atomic E-state index is 12.9. The van der Waals surface area contributed by atoms with Crippen LogP contribution in [0.3, 0.4) is 0 Å². The second-order valence-electron chi connectivity index (χ2n) is 5.11. The van der Waals surface area contributed by atoms with Crippen molar-refractivity contribution in [2.24, 2.45) is 0 Å². The molecule has 0 amide bonds. The van der Waals surface area contributed by atoms with Crippen molar-refractivity contribution in [2.45, 2.75) is 19.1 Å². The van der Waals surface area contributed by atoms with Crippen LogP contribution in [0.15, 0.2) is 36.0 Å². The van der Waals surface area contributed by atoms with Gasteiger partial charge in [-0.2, -0.15) is 13.2 Å². The monoisotopic (exact) mass is 338 g/mol. The van der Waals surface area contributed by atoms with E-state index >= 15 is 0 Å². The van der Waals surface area contributed by atoms with E-state index in [1.54, 1.807) is 6.92 Å². The number of hydrogen-bond donors (Lipinski definition) is 2. The predicted octanol–water partition coefficient (Wildman–Crippen LogP) is 4.47. The zero-order valence-electron chi connectivity index (χ0n) is 12.1. The van der Waals surface area contributed by atoms with Crippen LogP contribution in [0.4, 0.5) is 24.7 Å². The zero-order chi connectivity index (χ0) is 16.6. The van der Waals surface area contributed by atoms with Crippen molar-refractivity contribution < 1.29 is 13.2 Å². The topological polar surface area (TPSA) is 63.8 Å². The summed E-state index contributed by atoms with van der Waals surface area (Å²) in [6.07, 6.45) is -3.01. The standard InChI is InChI=1S/C15H13F3N4S/c1-8(9-4-10(15(16,17)18)6-11(19)5-9)22-13-12-2-3-23-14(12)21-7-20-13/h2-8H,19H2,1H3,(H,20,21,22)/t8-/m1/s1. The molecular formula is C15H13F3N4S. The average Bonchev–Trinajstić information content (AvgIpc) is 2.95. The van der Waals surface area contributed by atoms with Gasteiger partial charge >= 0.3 is 6.18 Å². The summed E-state index contributed by atoms with van der Waals surface area (Å²) < 4.78 is 38.7. The summed E-state index contributed by atoms with van der Waals surface area (Å²) in [4.78, 5) is 9.13. The Bertz CT molecular complexity index is 844. The van der Waals surface area contributed by atoms with Crippen LogP contribution in [0.5, 0.6) is 0 Å². The van der Waals surface area contributed by atoms with Crippen LogP contribution in [0, 0.1) is 0 Å². The molecule has 0 spiro atoms. The van der Waals surface area contributed by atoms with Gasteiger partial charge in [-0.3, -0.25) is 0 Å². The first-order chi connectivity index (χ1) is 10.8. The molecule has 0 radical (unpaired) electrons. The van der Waals surface area contributed by atoms with Gasteiger partial charge < -0.3 is 11.1 Å². The zero-order valence-corrected chi connectivity index (χ0v) is 12.9. The van der Waals surface area contributed by atoms with Gasteiger partial charge in [0.15, 0.2) is 0 Å². The highest BCUT2D eigenvalue weighted by Crippen LogP contribution is 2.34. The van der Waals surface area contributed by atoms with E-state index in [0.717, 1.165) is 22.3 Å². The number of benzene rings is 1. The lowest BCUT2D eigenvalue weighted by molar-refractivity contribution is -0.137. The Kier molecular flexibility index (Phi) is 3.85. The number of aromatic nitrogens is 2. The minimum Gasteiger partial charge on any atom is -0.399 e. The predicted molar refractivity (Wildman–Crippen MR) is 85.3 cm³/mol. The van der Waals surface area contributed by atoms with Gasteiger partial charge in [0.25, 0.3) is 0 Å². The molecule has 0 bridgehead atoms. The Morgan fingerprint density at radius 1 is 1.22 bits per heavy atom. The molecule has 1 aromatic carbocycles. The maximum absolute atomic E-state index is 12.9. The van der Waals surface area contributed by atoms with E-state index in [1.807, 2.05) is 11.4 Å². The average molecular weight is 338 g/mol. The number of rotatable bonds is 3. The van der Waals surface area contributed by atoms with E-state index in [1.165, 1.54) is 23.7 Å². The second-order valence-corrected chi connectivity index (χ2v) is 6.01. The van der Waals surface area contributed by atoms with Gasteiger partial charge in [-0.1, -0.05) is 0 Å². The molecule has 0 aliphatic rings. The van der Waals surface area contributed by atoms with E-state index in [9.17, 15) is 13.2 Å². The van der Waals surface area contributed by atoms with Crippen LogP contribution in [-0.4, -0.2) is 9.97 Å². The van der Waals surface area contributed by atoms with Crippen LogP contribution in [-0.2, 0) is 6.18 Å². The third-order valence-corrected chi connectivity index (χ3v) is 4.24. The van der Waals surface area contributed by atoms with Gasteiger partial charge in [-0.25, -0.2) is 9.97 Å². The normalized spacial score (nSPS) is 13.2. The van der Waals surface area contributed by atoms with E-state index in [-0.39, 0.29) is 5.69 Å². The fourth-order valence-electron chi connectivity index (χ4n) is 2.28. The molecule has 120 valence electrons. The lowest BCUT2D eigenvalue weighted by Gasteiger charge is -2.18. The minimum absolute atomic E-state index is 0.0758. The van der Waals surface area contributed by atoms with Crippen molar-refractivity contribution in [3.63, 3.8) is 0 Å². The smallest absolute Gasteiger partial charge is 0.399 e. The molecule has 0 saturated heterocycles. The number of nitrogens with zero attached hydrogens (tertiary/aromatic N) is 2. The van der Waals surface area contributed by atoms with E-state index in [2.05, 4.69) is 15.3 Å². The Hall–Kier alpha value is -2.35. The lowest BCUT2D eigenvalue weighted by Crippen LogP contribution is -2.12. The van der Waals surface area contributed by atoms with E-state index < -0.39 is 17.8 Å². The summed E-state index contributed by atoms with van der Waals surface area (Å²) in [7, 11) is 0. The van der Waals surface area contributed by atoms with Crippen LogP contribution in [0.1, 0.15) is 24.1 Å². The summed E-state index contributed by atoms with van der Waals surface area (Å²) in [6.45, 7) is 1.76. The quantitative estimate of drug-likeness (QED) is 0.692. The van der Waals surface area contributed by atoms with Gasteiger partial charge in [-0.05, 0) is 42.1 Å². The van der Waals surface area contributed by atoms with Crippen LogP contribution < -0.4 is 11.1 Å². The molecule has 0 aliphatic heterocycles. The van der Waals surface area contributed by atoms with Gasteiger partial charge in [-0.15, -0.1) is 11.3 Å². The summed E-state index contributed by atoms with van der Waals surface area (Å²) in [5.41, 5.74) is 5.37. The molecule has 2 heterocycles. The highest BCUT2D eigenvalue weighted by atomic mass is 32.1. The molecule has 0 aliphatic carbocycles. The first-order valence-corrected chi connectivity index (χ1v) is 7.65. The van der Waals surface area contributed by atoms with Gasteiger partial charge in [0.1, 0.15) is 17.0 Å². The lowest BCUT2D eigenvalue weighted by atomic mass is 10.0. The van der Waals surface area contributed by atoms with Crippen molar-refractivity contribution in [3.05, 3.63) is 47.1 Å². The molecule has 4 nitrogen and oxygen atoms in total. The number of hydrogen-bond acceptors (Lipinski definition) is 5. The van der Waals surface area contributed by atoms with Crippen LogP contribution in [0.25, 0.3) is 10.2 Å². The highest BCUT2D eigenvalue weighted by Gasteiger charge is 2.31. The molecule has 3 aromatic rings. The number of alkyl halides is 3. The number of nitrogens with one attached hydrogen (secondary N) is 1. The number of fused-ring (bicyclic) bond motifs is 1. The second kappa shape index (κ2) is 5.69. The largest absolute Gasteiger partial charge is 0.416 e. The Morgan fingerprint density at radius 3 is 2.74 bits per heavy atom. The molecule has 0 saturated carbocycles. The summed E-state index contributed by atoms with van der Waals surface area (Å²) in [5, 5.41) is 5.85. The molecule has 0 unspecified atom stereocenters. The molecule has 0 fully saturated rings. The SMILES string of the molecule is C[C@@H](Nc1ncnc2sccc12)c1cc(N)cc(C(F)(F)F)c1. The van der Waals surface area contributed by atoms with Crippen LogP contribution in [0.2, 0.25) is 0 Å². The number of nitrogens with two attached hydrogens (primary N) is 1. The van der Waals surface area contributed by atoms with Crippen molar-refractivity contribution in [3.8, 4) is 0 Å². The van der Waals surface area contributed by atoms with Crippen molar-refractivity contribution in [2.75, 3.05) is 11.1 Å². The number of thiophene rings is 1. The fraction of sp³-hybridized carbons (Fsp3) is 0.200. The fourth-order valence-corrected chi connectivity index (χ4v) is 3.02. The molecule has 3 N–H and O–H groups in total. The van der Waals surface area contributed by atoms with Crippen molar-refractivity contribution in [1.82, 2.24) is 9.97 Å².